The number of nitrogens with one attached hydrogen (secondary N) is 2. The molecule has 0 aliphatic carbocycles. The van der Waals surface area contributed by atoms with E-state index in [1.165, 1.54) is 25.1 Å². The lowest BCUT2D eigenvalue weighted by molar-refractivity contribution is 0.00867. The average Bonchev–Trinajstić information content (AvgIpc) is 3.25. The number of guanidine groups is 1. The van der Waals surface area contributed by atoms with Gasteiger partial charge in [-0.15, -0.1) is 24.0 Å². The minimum Gasteiger partial charge on any atom is -0.379 e. The van der Waals surface area contributed by atoms with Gasteiger partial charge < -0.3 is 20.3 Å². The van der Waals surface area contributed by atoms with Crippen LogP contribution in [0.1, 0.15) is 32.8 Å². The molecule has 1 aromatic rings. The first-order chi connectivity index (χ1) is 15.2. The molecule has 2 aliphatic heterocycles. The maximum atomic E-state index is 5.53. The molecule has 2 unspecified atom stereocenters. The Kier molecular flexibility index (Phi) is 12.9. The van der Waals surface area contributed by atoms with E-state index in [1.807, 2.05) is 0 Å². The Morgan fingerprint density at radius 1 is 1.12 bits per heavy atom. The summed E-state index contributed by atoms with van der Waals surface area (Å²) < 4.78 is 5.53. The predicted molar refractivity (Wildman–Crippen MR) is 145 cm³/mol. The van der Waals surface area contributed by atoms with Gasteiger partial charge in [0.25, 0.3) is 0 Å². The van der Waals surface area contributed by atoms with Crippen molar-refractivity contribution < 1.29 is 4.74 Å². The largest absolute Gasteiger partial charge is 0.379 e. The van der Waals surface area contributed by atoms with E-state index < -0.39 is 0 Å². The summed E-state index contributed by atoms with van der Waals surface area (Å²) in [6, 6.07) is 11.3. The van der Waals surface area contributed by atoms with Crippen molar-refractivity contribution in [1.29, 1.82) is 0 Å². The van der Waals surface area contributed by atoms with Crippen LogP contribution in [0.25, 0.3) is 0 Å². The third-order valence-corrected chi connectivity index (χ3v) is 6.55. The molecule has 0 radical (unpaired) electrons. The van der Waals surface area contributed by atoms with Crippen LogP contribution in [0.4, 0.5) is 0 Å². The first-order valence-electron chi connectivity index (χ1n) is 12.3. The fraction of sp³-hybridized carbons (Fsp3) is 0.720. The molecule has 2 heterocycles. The van der Waals surface area contributed by atoms with Crippen LogP contribution < -0.4 is 10.6 Å². The summed E-state index contributed by atoms with van der Waals surface area (Å²) in [5.74, 6) is 2.24. The van der Waals surface area contributed by atoms with Gasteiger partial charge in [0.05, 0.1) is 19.8 Å². The highest BCUT2D eigenvalue weighted by molar-refractivity contribution is 14.0. The number of aliphatic imine (C=N–C) groups is 1. The normalized spacial score (nSPS) is 21.4. The molecule has 2 N–H and O–H groups in total. The predicted octanol–water partition coefficient (Wildman–Crippen LogP) is 3.08. The third-order valence-electron chi connectivity index (χ3n) is 6.55. The fourth-order valence-electron chi connectivity index (χ4n) is 4.64. The second-order valence-corrected chi connectivity index (χ2v) is 9.25. The van der Waals surface area contributed by atoms with Crippen molar-refractivity contribution >= 4 is 29.9 Å². The second kappa shape index (κ2) is 15.1. The zero-order valence-electron chi connectivity index (χ0n) is 20.3. The molecular formula is C25H44IN5O. The molecule has 6 nitrogen and oxygen atoms in total. The minimum atomic E-state index is 0. The van der Waals surface area contributed by atoms with Crippen LogP contribution in [0.15, 0.2) is 35.3 Å². The van der Waals surface area contributed by atoms with Gasteiger partial charge >= 0.3 is 0 Å². The molecule has 0 saturated carbocycles. The zero-order valence-corrected chi connectivity index (χ0v) is 22.6. The van der Waals surface area contributed by atoms with Crippen molar-refractivity contribution in [3.8, 4) is 0 Å². The number of halogens is 1. The van der Waals surface area contributed by atoms with Crippen molar-refractivity contribution in [2.75, 3.05) is 65.6 Å². The van der Waals surface area contributed by atoms with Gasteiger partial charge in [-0.05, 0) is 43.7 Å². The van der Waals surface area contributed by atoms with Crippen LogP contribution in [0.5, 0.6) is 0 Å². The smallest absolute Gasteiger partial charge is 0.191 e. The Labute approximate surface area is 212 Å². The number of nitrogens with zero attached hydrogens (tertiary/aromatic N) is 3. The molecule has 32 heavy (non-hydrogen) atoms. The molecule has 3 rings (SSSR count). The lowest BCUT2D eigenvalue weighted by Crippen LogP contribution is -2.48. The molecule has 2 saturated heterocycles. The molecule has 2 aliphatic rings. The van der Waals surface area contributed by atoms with Gasteiger partial charge in [0, 0.05) is 45.3 Å². The number of hydrogen-bond acceptors (Lipinski definition) is 4. The Morgan fingerprint density at radius 2 is 1.88 bits per heavy atom. The molecule has 0 amide bonds. The quantitative estimate of drug-likeness (QED) is 0.263. The Hall–Kier alpha value is -0.900. The first-order valence-corrected chi connectivity index (χ1v) is 12.3. The maximum Gasteiger partial charge on any atom is 0.191 e. The summed E-state index contributed by atoms with van der Waals surface area (Å²) in [5.41, 5.74) is 1.44. The van der Waals surface area contributed by atoms with E-state index in [2.05, 4.69) is 71.5 Å². The first kappa shape index (κ1) is 27.3. The topological polar surface area (TPSA) is 52.1 Å². The van der Waals surface area contributed by atoms with Crippen molar-refractivity contribution in [3.05, 3.63) is 35.9 Å². The molecule has 2 atom stereocenters. The van der Waals surface area contributed by atoms with Crippen molar-refractivity contribution in [2.45, 2.75) is 39.7 Å². The van der Waals surface area contributed by atoms with Gasteiger partial charge in [0.15, 0.2) is 5.96 Å². The molecule has 2 fully saturated rings. The zero-order chi connectivity index (χ0) is 21.9. The number of likely N-dealkylation sites (tertiary alicyclic amines) is 1. The molecule has 182 valence electrons. The average molecular weight is 558 g/mol. The summed E-state index contributed by atoms with van der Waals surface area (Å²) in [6.45, 7) is 16.7. The van der Waals surface area contributed by atoms with Gasteiger partial charge in [-0.25, -0.2) is 0 Å². The van der Waals surface area contributed by atoms with Crippen molar-refractivity contribution in [1.82, 2.24) is 20.4 Å². The van der Waals surface area contributed by atoms with Crippen molar-refractivity contribution in [2.24, 2.45) is 16.8 Å². The van der Waals surface area contributed by atoms with E-state index in [0.29, 0.717) is 17.9 Å². The summed E-state index contributed by atoms with van der Waals surface area (Å²) in [7, 11) is 0. The molecule has 0 bridgehead atoms. The van der Waals surface area contributed by atoms with Gasteiger partial charge in [-0.1, -0.05) is 44.2 Å². The fourth-order valence-corrected chi connectivity index (χ4v) is 4.64. The SMILES string of the molecule is CCNC(=NCC(C(C)C)N1CCOCC1)NCC1CCN(CCc2ccccc2)C1.I. The number of hydrogen-bond donors (Lipinski definition) is 2. The van der Waals surface area contributed by atoms with Crippen LogP contribution in [-0.2, 0) is 11.2 Å². The maximum absolute atomic E-state index is 5.53. The Balaban J connectivity index is 0.00000363. The highest BCUT2D eigenvalue weighted by Gasteiger charge is 2.24. The molecular weight excluding hydrogens is 513 g/mol. The van der Waals surface area contributed by atoms with Gasteiger partial charge in [0.1, 0.15) is 0 Å². The van der Waals surface area contributed by atoms with Gasteiger partial charge in [-0.2, -0.15) is 0 Å². The van der Waals surface area contributed by atoms with E-state index >= 15 is 0 Å². The number of benzene rings is 1. The highest BCUT2D eigenvalue weighted by Crippen LogP contribution is 2.16. The van der Waals surface area contributed by atoms with E-state index in [4.69, 9.17) is 9.73 Å². The van der Waals surface area contributed by atoms with E-state index in [-0.39, 0.29) is 24.0 Å². The van der Waals surface area contributed by atoms with Crippen LogP contribution >= 0.6 is 24.0 Å². The van der Waals surface area contributed by atoms with E-state index in [1.54, 1.807) is 0 Å². The highest BCUT2D eigenvalue weighted by atomic mass is 127. The molecule has 0 spiro atoms. The molecule has 7 heteroatoms. The Morgan fingerprint density at radius 3 is 2.56 bits per heavy atom. The summed E-state index contributed by atoms with van der Waals surface area (Å²) in [6.07, 6.45) is 2.41. The summed E-state index contributed by atoms with van der Waals surface area (Å²) in [5, 5.41) is 7.07. The number of rotatable bonds is 10. The molecule has 0 aromatic heterocycles. The lowest BCUT2D eigenvalue weighted by atomic mass is 10.0. The van der Waals surface area contributed by atoms with E-state index in [0.717, 1.165) is 64.9 Å². The minimum absolute atomic E-state index is 0. The van der Waals surface area contributed by atoms with Gasteiger partial charge in [-0.3, -0.25) is 9.89 Å². The number of ether oxygens (including phenoxy) is 1. The van der Waals surface area contributed by atoms with Crippen LogP contribution in [0.2, 0.25) is 0 Å². The monoisotopic (exact) mass is 557 g/mol. The third kappa shape index (κ3) is 9.15. The number of morpholine rings is 1. The van der Waals surface area contributed by atoms with E-state index in [9.17, 15) is 0 Å². The van der Waals surface area contributed by atoms with Crippen LogP contribution in [0, 0.1) is 11.8 Å². The lowest BCUT2D eigenvalue weighted by Gasteiger charge is -2.36. The standard InChI is InChI=1S/C25H43N5O.HI/c1-4-26-25(28-19-24(21(2)3)30-14-16-31-17-15-30)27-18-23-11-13-29(20-23)12-10-22-8-6-5-7-9-22;/h5-9,21,23-24H,4,10-20H2,1-3H3,(H2,26,27,28);1H. The summed E-state index contributed by atoms with van der Waals surface area (Å²) >= 11 is 0. The van der Waals surface area contributed by atoms with Crippen LogP contribution in [0.3, 0.4) is 0 Å². The van der Waals surface area contributed by atoms with Gasteiger partial charge in [0.2, 0.25) is 0 Å². The van der Waals surface area contributed by atoms with Crippen LogP contribution in [-0.4, -0.2) is 87.4 Å². The Bertz CT molecular complexity index is 651. The summed E-state index contributed by atoms with van der Waals surface area (Å²) in [4.78, 5) is 10.1. The molecule has 1 aromatic carbocycles. The second-order valence-electron chi connectivity index (χ2n) is 9.25. The van der Waals surface area contributed by atoms with Crippen molar-refractivity contribution in [3.63, 3.8) is 0 Å².